The lowest BCUT2D eigenvalue weighted by molar-refractivity contribution is -0.384. The van der Waals surface area contributed by atoms with Gasteiger partial charge in [0.05, 0.1) is 24.7 Å². The highest BCUT2D eigenvalue weighted by molar-refractivity contribution is 7.88. The molecule has 0 spiro atoms. The lowest BCUT2D eigenvalue weighted by Crippen LogP contribution is -2.42. The van der Waals surface area contributed by atoms with Crippen LogP contribution in [0.25, 0.3) is 0 Å². The summed E-state index contributed by atoms with van der Waals surface area (Å²) in [6.45, 7) is -0.223. The van der Waals surface area contributed by atoms with Crippen molar-refractivity contribution in [2.24, 2.45) is 17.8 Å². The van der Waals surface area contributed by atoms with Gasteiger partial charge in [-0.2, -0.15) is 13.1 Å². The summed E-state index contributed by atoms with van der Waals surface area (Å²) in [6, 6.07) is 4.86. The number of hydrogen-bond acceptors (Lipinski definition) is 10. The van der Waals surface area contributed by atoms with Gasteiger partial charge in [-0.25, -0.2) is 14.3 Å². The lowest BCUT2D eigenvalue weighted by atomic mass is 10.1. The summed E-state index contributed by atoms with van der Waals surface area (Å²) in [5.41, 5.74) is -0.149. The number of non-ortho nitro benzene ring substituents is 1. The molecule has 0 unspecified atom stereocenters. The van der Waals surface area contributed by atoms with Crippen LogP contribution in [0.2, 0.25) is 0 Å². The number of carbonyl (C=O) groups excluding carboxylic acids is 2. The number of fused-ring (bicyclic) bond motifs is 1. The largest absolute Gasteiger partial charge is 0.513 e. The highest BCUT2D eigenvalue weighted by atomic mass is 32.2. The number of nitro groups is 1. The van der Waals surface area contributed by atoms with E-state index in [4.69, 9.17) is 18.9 Å². The molecule has 2 aliphatic rings. The van der Waals surface area contributed by atoms with E-state index in [0.29, 0.717) is 11.8 Å². The minimum absolute atomic E-state index is 0.0404. The van der Waals surface area contributed by atoms with Crippen LogP contribution in [0.15, 0.2) is 24.3 Å². The number of nitro benzene ring substituents is 1. The third kappa shape index (κ3) is 8.99. The molecule has 0 heterocycles. The number of hydrogen-bond donors (Lipinski definition) is 2. The maximum atomic E-state index is 11.9. The van der Waals surface area contributed by atoms with E-state index in [-0.39, 0.29) is 50.3 Å². The number of carbonyl (C=O) groups is 2. The van der Waals surface area contributed by atoms with Gasteiger partial charge in [-0.05, 0) is 42.7 Å². The number of benzene rings is 1. The molecular formula is C22H27N3O10S. The second kappa shape index (κ2) is 13.1. The Morgan fingerprint density at radius 1 is 1.03 bits per heavy atom. The topological polar surface area (TPSA) is 172 Å². The molecule has 1 aromatic rings. The van der Waals surface area contributed by atoms with Crippen molar-refractivity contribution in [3.63, 3.8) is 0 Å². The number of nitrogens with one attached hydrogen (secondary N) is 2. The second-order valence-electron chi connectivity index (χ2n) is 8.08. The number of nitrogens with zero attached hydrogens (tertiary/aromatic N) is 1. The molecule has 13 nitrogen and oxygen atoms in total. The van der Waals surface area contributed by atoms with Crippen LogP contribution in [0, 0.1) is 39.7 Å². The highest BCUT2D eigenvalue weighted by Gasteiger charge is 2.49. The van der Waals surface area contributed by atoms with E-state index in [9.17, 15) is 28.1 Å². The van der Waals surface area contributed by atoms with Crippen molar-refractivity contribution in [2.75, 3.05) is 33.0 Å². The van der Waals surface area contributed by atoms with Crippen molar-refractivity contribution in [3.05, 3.63) is 34.4 Å². The van der Waals surface area contributed by atoms with Gasteiger partial charge in [0.25, 0.3) is 5.69 Å². The zero-order valence-corrected chi connectivity index (χ0v) is 20.2. The van der Waals surface area contributed by atoms with Crippen LogP contribution >= 0.6 is 0 Å². The summed E-state index contributed by atoms with van der Waals surface area (Å²) in [5.74, 6) is 7.48. The Kier molecular flexibility index (Phi) is 9.86. The normalized spacial score (nSPS) is 20.4. The fourth-order valence-corrected chi connectivity index (χ4v) is 4.63. The zero-order chi connectivity index (χ0) is 26.0. The van der Waals surface area contributed by atoms with Crippen LogP contribution in [0.4, 0.5) is 15.3 Å². The van der Waals surface area contributed by atoms with Crippen LogP contribution in [0.3, 0.4) is 0 Å². The summed E-state index contributed by atoms with van der Waals surface area (Å²) < 4.78 is 47.7. The highest BCUT2D eigenvalue weighted by Crippen LogP contribution is 2.52. The molecular weight excluding hydrogens is 498 g/mol. The van der Waals surface area contributed by atoms with Crippen molar-refractivity contribution in [1.82, 2.24) is 9.44 Å². The van der Waals surface area contributed by atoms with Gasteiger partial charge >= 0.3 is 22.5 Å². The molecule has 0 aliphatic heterocycles. The maximum absolute atomic E-state index is 11.9. The molecule has 1 saturated carbocycles. The fourth-order valence-electron chi connectivity index (χ4n) is 3.93. The molecule has 2 aliphatic carbocycles. The number of ether oxygens (including phenoxy) is 4. The average Bonchev–Trinajstić information content (AvgIpc) is 3.45. The molecule has 0 aromatic heterocycles. The second-order valence-corrected chi connectivity index (χ2v) is 9.58. The average molecular weight is 526 g/mol. The van der Waals surface area contributed by atoms with Gasteiger partial charge in [0.1, 0.15) is 12.4 Å². The van der Waals surface area contributed by atoms with E-state index >= 15 is 0 Å². The molecule has 1 fully saturated rings. The molecule has 3 rings (SSSR count). The molecule has 1 aromatic carbocycles. The first kappa shape index (κ1) is 27.2. The van der Waals surface area contributed by atoms with E-state index in [0.717, 1.165) is 25.7 Å². The third-order valence-corrected chi connectivity index (χ3v) is 6.72. The van der Waals surface area contributed by atoms with Crippen molar-refractivity contribution in [1.29, 1.82) is 0 Å². The predicted octanol–water partition coefficient (Wildman–Crippen LogP) is 2.13. The van der Waals surface area contributed by atoms with Gasteiger partial charge in [0.15, 0.2) is 0 Å². The monoisotopic (exact) mass is 525 g/mol. The van der Waals surface area contributed by atoms with Crippen molar-refractivity contribution in [3.8, 4) is 17.6 Å². The smallest absolute Gasteiger partial charge is 0.449 e. The first-order valence-corrected chi connectivity index (χ1v) is 12.8. The van der Waals surface area contributed by atoms with Gasteiger partial charge in [-0.15, -0.1) is 11.8 Å². The summed E-state index contributed by atoms with van der Waals surface area (Å²) in [5, 5.41) is 10.6. The van der Waals surface area contributed by atoms with E-state index < -0.39 is 27.4 Å². The standard InChI is InChI=1S/C22H27N3O10S/c26-21(34-15-20-18-5-3-1-2-4-6-19(18)20)24-36(30,31)23-11-12-32-13-14-33-22(27)35-17-9-7-16(8-10-17)25(28)29/h7-10,18-20,23H,3-6,11-15H2,(H,24,26)/t18-,19+,20-. The number of amides is 1. The summed E-state index contributed by atoms with van der Waals surface area (Å²) in [7, 11) is -4.12. The minimum atomic E-state index is -4.12. The van der Waals surface area contributed by atoms with Gasteiger partial charge in [-0.3, -0.25) is 10.1 Å². The fraction of sp³-hybridized carbons (Fsp3) is 0.545. The molecule has 3 atom stereocenters. The van der Waals surface area contributed by atoms with E-state index in [1.165, 1.54) is 24.3 Å². The van der Waals surface area contributed by atoms with Crippen molar-refractivity contribution in [2.45, 2.75) is 25.7 Å². The Bertz CT molecular complexity index is 1080. The van der Waals surface area contributed by atoms with Crippen LogP contribution in [-0.4, -0.2) is 58.6 Å². The molecule has 1 amide bonds. The Labute approximate surface area is 208 Å². The van der Waals surface area contributed by atoms with Gasteiger partial charge in [0.2, 0.25) is 0 Å². The molecule has 0 bridgehead atoms. The first-order valence-electron chi connectivity index (χ1n) is 11.3. The first-order chi connectivity index (χ1) is 17.2. The van der Waals surface area contributed by atoms with Gasteiger partial charge < -0.3 is 18.9 Å². The molecule has 196 valence electrons. The summed E-state index contributed by atoms with van der Waals surface area (Å²) >= 11 is 0. The molecule has 0 radical (unpaired) electrons. The Morgan fingerprint density at radius 2 is 1.69 bits per heavy atom. The van der Waals surface area contributed by atoms with E-state index in [1.54, 1.807) is 4.72 Å². The molecule has 0 saturated heterocycles. The Hall–Kier alpha value is -3.41. The maximum Gasteiger partial charge on any atom is 0.513 e. The Morgan fingerprint density at radius 3 is 2.33 bits per heavy atom. The van der Waals surface area contributed by atoms with E-state index in [2.05, 4.69) is 16.6 Å². The Balaban J connectivity index is 1.21. The molecule has 36 heavy (non-hydrogen) atoms. The van der Waals surface area contributed by atoms with Crippen molar-refractivity contribution >= 4 is 28.1 Å². The van der Waals surface area contributed by atoms with Crippen LogP contribution in [0.5, 0.6) is 5.75 Å². The van der Waals surface area contributed by atoms with Gasteiger partial charge in [-0.1, -0.05) is 0 Å². The lowest BCUT2D eigenvalue weighted by Gasteiger charge is -2.10. The quantitative estimate of drug-likeness (QED) is 0.103. The predicted molar refractivity (Wildman–Crippen MR) is 124 cm³/mol. The van der Waals surface area contributed by atoms with E-state index in [1.807, 2.05) is 0 Å². The van der Waals surface area contributed by atoms with Crippen LogP contribution in [-0.2, 0) is 24.4 Å². The van der Waals surface area contributed by atoms with Crippen molar-refractivity contribution < 1.29 is 41.9 Å². The van der Waals surface area contributed by atoms with Crippen LogP contribution < -0.4 is 14.2 Å². The summed E-state index contributed by atoms with van der Waals surface area (Å²) in [6.07, 6.45) is 1.54. The third-order valence-electron chi connectivity index (χ3n) is 5.70. The zero-order valence-electron chi connectivity index (χ0n) is 19.3. The number of rotatable bonds is 12. The minimum Gasteiger partial charge on any atom is -0.449 e. The molecule has 14 heteroatoms. The SMILES string of the molecule is O=C(NS(=O)(=O)NCCOCCOC(=O)Oc1ccc([N+](=O)[O-])cc1)OC[C@@H]1[C@@H]2CCC#CCC[C@@H]21. The summed E-state index contributed by atoms with van der Waals surface area (Å²) in [4.78, 5) is 33.4. The van der Waals surface area contributed by atoms with Gasteiger partial charge in [0, 0.05) is 31.5 Å². The molecule has 2 N–H and O–H groups in total. The van der Waals surface area contributed by atoms with Crippen LogP contribution in [0.1, 0.15) is 25.7 Å².